The van der Waals surface area contributed by atoms with Crippen LogP contribution in [-0.2, 0) is 14.4 Å². The highest BCUT2D eigenvalue weighted by Crippen LogP contribution is 2.32. The third kappa shape index (κ3) is 4.82. The van der Waals surface area contributed by atoms with E-state index in [9.17, 15) is 14.4 Å². The summed E-state index contributed by atoms with van der Waals surface area (Å²) < 4.78 is 6.14. The van der Waals surface area contributed by atoms with Crippen molar-refractivity contribution in [1.29, 1.82) is 0 Å². The molecule has 2 amide bonds. The molecule has 0 spiro atoms. The highest BCUT2D eigenvalue weighted by molar-refractivity contribution is 9.10. The number of rotatable bonds is 5. The van der Waals surface area contributed by atoms with Gasteiger partial charge >= 0.3 is 5.97 Å². The Labute approximate surface area is 145 Å². The lowest BCUT2D eigenvalue weighted by Gasteiger charge is -2.10. The van der Waals surface area contributed by atoms with Gasteiger partial charge in [-0.05, 0) is 32.8 Å². The van der Waals surface area contributed by atoms with E-state index in [1.54, 1.807) is 6.07 Å². The summed E-state index contributed by atoms with van der Waals surface area (Å²) in [7, 11) is 0. The molecule has 0 aliphatic heterocycles. The van der Waals surface area contributed by atoms with E-state index < -0.39 is 17.8 Å². The van der Waals surface area contributed by atoms with Crippen LogP contribution in [0.1, 0.15) is 0 Å². The molecule has 0 heterocycles. The number of halogens is 1. The fraction of sp³-hybridized carbons (Fsp3) is 0.0625. The molecule has 7 nitrogen and oxygen atoms in total. The van der Waals surface area contributed by atoms with Gasteiger partial charge in [0.05, 0.1) is 4.47 Å². The minimum Gasteiger partial charge on any atom is -0.483 e. The van der Waals surface area contributed by atoms with Crippen LogP contribution in [0.5, 0.6) is 5.75 Å². The van der Waals surface area contributed by atoms with E-state index in [1.807, 2.05) is 35.8 Å². The average molecular weight is 393 g/mol. The van der Waals surface area contributed by atoms with E-state index in [1.165, 1.54) is 0 Å². The highest BCUT2D eigenvalue weighted by atomic mass is 79.9. The SMILES string of the molecule is O=C(O)/C=C/C(=O)NNC(=O)COc1ccc2ccccc2c1Br. The Morgan fingerprint density at radius 2 is 1.83 bits per heavy atom. The van der Waals surface area contributed by atoms with Gasteiger partial charge < -0.3 is 9.84 Å². The number of nitrogens with one attached hydrogen (secondary N) is 2. The van der Waals surface area contributed by atoms with Gasteiger partial charge in [-0.2, -0.15) is 0 Å². The molecule has 0 aliphatic carbocycles. The Hall–Kier alpha value is -2.87. The molecule has 0 saturated heterocycles. The van der Waals surface area contributed by atoms with Crippen LogP contribution in [0.2, 0.25) is 0 Å². The average Bonchev–Trinajstić information content (AvgIpc) is 2.57. The van der Waals surface area contributed by atoms with Crippen molar-refractivity contribution in [2.24, 2.45) is 0 Å². The standard InChI is InChI=1S/C16H13BrN2O5/c17-16-11-4-2-1-3-10(11)5-6-12(16)24-9-14(21)19-18-13(20)7-8-15(22)23/h1-8H,9H2,(H,18,20)(H,19,21)(H,22,23)/b8-7+. The minimum atomic E-state index is -1.26. The van der Waals surface area contributed by atoms with Crippen LogP contribution in [0.25, 0.3) is 10.8 Å². The first-order valence-electron chi connectivity index (χ1n) is 6.77. The van der Waals surface area contributed by atoms with Gasteiger partial charge in [-0.3, -0.25) is 20.4 Å². The van der Waals surface area contributed by atoms with Gasteiger partial charge in [0.2, 0.25) is 0 Å². The fourth-order valence-corrected chi connectivity index (χ4v) is 2.43. The maximum Gasteiger partial charge on any atom is 0.328 e. The zero-order valence-corrected chi connectivity index (χ0v) is 13.9. The van der Waals surface area contributed by atoms with Gasteiger partial charge in [0.15, 0.2) is 6.61 Å². The number of amides is 2. The number of hydrazine groups is 1. The van der Waals surface area contributed by atoms with Crippen LogP contribution in [0.15, 0.2) is 53.0 Å². The van der Waals surface area contributed by atoms with Crippen molar-refractivity contribution in [3.8, 4) is 5.75 Å². The van der Waals surface area contributed by atoms with Gasteiger partial charge in [-0.1, -0.05) is 30.3 Å². The zero-order valence-electron chi connectivity index (χ0n) is 12.3. The van der Waals surface area contributed by atoms with E-state index in [4.69, 9.17) is 9.84 Å². The quantitative estimate of drug-likeness (QED) is 0.531. The summed E-state index contributed by atoms with van der Waals surface area (Å²) in [6.07, 6.45) is 1.44. The van der Waals surface area contributed by atoms with Crippen LogP contribution in [-0.4, -0.2) is 29.5 Å². The smallest absolute Gasteiger partial charge is 0.328 e. The van der Waals surface area contributed by atoms with Gasteiger partial charge in [0.1, 0.15) is 5.75 Å². The number of aliphatic carboxylic acids is 1. The van der Waals surface area contributed by atoms with Crippen molar-refractivity contribution in [3.63, 3.8) is 0 Å². The number of benzene rings is 2. The largest absolute Gasteiger partial charge is 0.483 e. The maximum atomic E-state index is 11.6. The Morgan fingerprint density at radius 3 is 2.58 bits per heavy atom. The number of fused-ring (bicyclic) bond motifs is 1. The van der Waals surface area contributed by atoms with Crippen LogP contribution < -0.4 is 15.6 Å². The first-order chi connectivity index (χ1) is 11.5. The van der Waals surface area contributed by atoms with Gasteiger partial charge in [0.25, 0.3) is 11.8 Å². The molecule has 2 aromatic carbocycles. The molecule has 0 aromatic heterocycles. The van der Waals surface area contributed by atoms with Crippen LogP contribution >= 0.6 is 15.9 Å². The number of carboxylic acids is 1. The Bertz CT molecular complexity index is 819. The van der Waals surface area contributed by atoms with Gasteiger partial charge in [-0.15, -0.1) is 0 Å². The summed E-state index contributed by atoms with van der Waals surface area (Å²) in [4.78, 5) is 33.1. The highest BCUT2D eigenvalue weighted by Gasteiger charge is 2.09. The van der Waals surface area contributed by atoms with Crippen molar-refractivity contribution >= 4 is 44.5 Å². The third-order valence-corrected chi connectivity index (χ3v) is 3.71. The van der Waals surface area contributed by atoms with Crippen molar-refractivity contribution in [2.45, 2.75) is 0 Å². The predicted molar refractivity (Wildman–Crippen MR) is 90.2 cm³/mol. The zero-order chi connectivity index (χ0) is 17.5. The molecular weight excluding hydrogens is 380 g/mol. The molecule has 0 bridgehead atoms. The molecule has 0 atom stereocenters. The summed E-state index contributed by atoms with van der Waals surface area (Å²) in [5, 5.41) is 10.3. The van der Waals surface area contributed by atoms with E-state index in [0.717, 1.165) is 21.3 Å². The summed E-state index contributed by atoms with van der Waals surface area (Å²) in [5.41, 5.74) is 4.15. The van der Waals surface area contributed by atoms with E-state index >= 15 is 0 Å². The minimum absolute atomic E-state index is 0.320. The maximum absolute atomic E-state index is 11.6. The van der Waals surface area contributed by atoms with Gasteiger partial charge in [0, 0.05) is 12.2 Å². The molecule has 0 unspecified atom stereocenters. The molecule has 0 saturated carbocycles. The Kier molecular flexibility index (Phi) is 5.91. The number of hydrogen-bond acceptors (Lipinski definition) is 4. The molecular formula is C16H13BrN2O5. The number of carbonyl (C=O) groups excluding carboxylic acids is 2. The molecule has 3 N–H and O–H groups in total. The molecule has 124 valence electrons. The van der Waals surface area contributed by atoms with Crippen molar-refractivity contribution in [3.05, 3.63) is 53.0 Å². The summed E-state index contributed by atoms with van der Waals surface area (Å²) in [5.74, 6) is -2.13. The van der Waals surface area contributed by atoms with Crippen LogP contribution in [0.3, 0.4) is 0 Å². The first kappa shape index (κ1) is 17.5. The topological polar surface area (TPSA) is 105 Å². The predicted octanol–water partition coefficient (Wildman–Crippen LogP) is 1.77. The molecule has 8 heteroatoms. The molecule has 2 rings (SSSR count). The number of hydrogen-bond donors (Lipinski definition) is 3. The van der Waals surface area contributed by atoms with E-state index in [0.29, 0.717) is 11.8 Å². The molecule has 24 heavy (non-hydrogen) atoms. The summed E-state index contributed by atoms with van der Waals surface area (Å²) in [6.45, 7) is -0.320. The second-order valence-electron chi connectivity index (χ2n) is 4.60. The van der Waals surface area contributed by atoms with Crippen molar-refractivity contribution in [2.75, 3.05) is 6.61 Å². The normalized spacial score (nSPS) is 10.5. The van der Waals surface area contributed by atoms with Crippen molar-refractivity contribution in [1.82, 2.24) is 10.9 Å². The van der Waals surface area contributed by atoms with Gasteiger partial charge in [-0.25, -0.2) is 4.79 Å². The first-order valence-corrected chi connectivity index (χ1v) is 7.56. The lowest BCUT2D eigenvalue weighted by molar-refractivity contribution is -0.131. The molecule has 0 radical (unpaired) electrons. The van der Waals surface area contributed by atoms with Crippen molar-refractivity contribution < 1.29 is 24.2 Å². The number of ether oxygens (including phenoxy) is 1. The van der Waals surface area contributed by atoms with E-state index in [-0.39, 0.29) is 6.61 Å². The summed E-state index contributed by atoms with van der Waals surface area (Å²) >= 11 is 3.44. The second-order valence-corrected chi connectivity index (χ2v) is 5.39. The third-order valence-electron chi connectivity index (χ3n) is 2.89. The molecule has 0 aliphatic rings. The van der Waals surface area contributed by atoms with E-state index in [2.05, 4.69) is 21.4 Å². The number of carboxylic acid groups (broad SMARTS) is 1. The monoisotopic (exact) mass is 392 g/mol. The second kappa shape index (κ2) is 8.11. The van der Waals surface area contributed by atoms with Crippen LogP contribution in [0, 0.1) is 0 Å². The fourth-order valence-electron chi connectivity index (χ4n) is 1.82. The molecule has 0 fully saturated rings. The Balaban J connectivity index is 1.89. The lowest BCUT2D eigenvalue weighted by Crippen LogP contribution is -2.43. The Morgan fingerprint density at radius 1 is 1.08 bits per heavy atom. The lowest BCUT2D eigenvalue weighted by atomic mass is 10.1. The van der Waals surface area contributed by atoms with Crippen LogP contribution in [0.4, 0.5) is 0 Å². The number of carbonyl (C=O) groups is 3. The molecule has 2 aromatic rings. The summed E-state index contributed by atoms with van der Waals surface area (Å²) in [6, 6.07) is 11.3.